The number of carbonyl (C=O) groups excluding carboxylic acids is 2. The molecule has 0 aliphatic heterocycles. The molecule has 8 heteroatoms. The monoisotopic (exact) mass is 353 g/mol. The molecule has 0 spiro atoms. The Hall–Kier alpha value is -2.64. The summed E-state index contributed by atoms with van der Waals surface area (Å²) in [5.74, 6) is -2.84. The van der Waals surface area contributed by atoms with E-state index >= 15 is 0 Å². The molecular weight excluding hydrogens is 330 g/mol. The summed E-state index contributed by atoms with van der Waals surface area (Å²) in [7, 11) is 0. The Morgan fingerprint density at radius 1 is 1.12 bits per heavy atom. The maximum Gasteiger partial charge on any atom is 0.324 e. The second-order valence-electron chi connectivity index (χ2n) is 5.12. The van der Waals surface area contributed by atoms with Crippen molar-refractivity contribution in [2.75, 3.05) is 19.8 Å². The number of esters is 2. The van der Waals surface area contributed by atoms with E-state index in [9.17, 15) is 19.7 Å². The smallest absolute Gasteiger partial charge is 0.324 e. The van der Waals surface area contributed by atoms with Crippen LogP contribution < -0.4 is 4.74 Å². The van der Waals surface area contributed by atoms with Crippen molar-refractivity contribution in [3.8, 4) is 5.75 Å². The van der Waals surface area contributed by atoms with E-state index in [1.54, 1.807) is 13.8 Å². The number of benzene rings is 1. The number of hydrogen-bond donors (Lipinski definition) is 0. The lowest BCUT2D eigenvalue weighted by Gasteiger charge is -2.16. The molecule has 0 atom stereocenters. The van der Waals surface area contributed by atoms with Crippen molar-refractivity contribution in [2.45, 2.75) is 39.5 Å². The number of ether oxygens (including phenoxy) is 3. The molecule has 0 saturated carbocycles. The number of nitrogens with zero attached hydrogens (tertiary/aromatic N) is 1. The average Bonchev–Trinajstić information content (AvgIpc) is 2.56. The van der Waals surface area contributed by atoms with E-state index < -0.39 is 22.8 Å². The van der Waals surface area contributed by atoms with Gasteiger partial charge in [0.2, 0.25) is 0 Å². The molecule has 1 rings (SSSR count). The Bertz CT molecular complexity index is 597. The minimum Gasteiger partial charge on any atom is -0.487 e. The lowest BCUT2D eigenvalue weighted by atomic mass is 9.98. The topological polar surface area (TPSA) is 105 Å². The first-order chi connectivity index (χ1) is 12.0. The molecule has 0 aliphatic rings. The molecule has 1 aromatic carbocycles. The molecule has 0 aromatic heterocycles. The maximum absolute atomic E-state index is 12.2. The first-order valence-corrected chi connectivity index (χ1v) is 8.20. The summed E-state index contributed by atoms with van der Waals surface area (Å²) < 4.78 is 15.3. The largest absolute Gasteiger partial charge is 0.487 e. The molecule has 0 bridgehead atoms. The zero-order valence-electron chi connectivity index (χ0n) is 14.6. The summed E-state index contributed by atoms with van der Waals surface area (Å²) in [6, 6.07) is 3.87. The van der Waals surface area contributed by atoms with Crippen LogP contribution in [-0.4, -0.2) is 36.7 Å². The highest BCUT2D eigenvalue weighted by Gasteiger charge is 2.33. The van der Waals surface area contributed by atoms with Crippen LogP contribution in [0.4, 0.5) is 5.69 Å². The Morgan fingerprint density at radius 3 is 2.20 bits per heavy atom. The van der Waals surface area contributed by atoms with Crippen molar-refractivity contribution in [1.29, 1.82) is 0 Å². The SMILES string of the molecule is CCCCOc1cc(C(C(=O)OCC)C(=O)OCC)ccc1[N+](=O)[O-]. The van der Waals surface area contributed by atoms with Crippen LogP contribution in [0.1, 0.15) is 45.1 Å². The van der Waals surface area contributed by atoms with Crippen LogP contribution in [0.5, 0.6) is 5.75 Å². The van der Waals surface area contributed by atoms with Crippen LogP contribution in [0.15, 0.2) is 18.2 Å². The van der Waals surface area contributed by atoms with E-state index in [0.717, 1.165) is 12.8 Å². The molecule has 0 radical (unpaired) electrons. The van der Waals surface area contributed by atoms with Crippen molar-refractivity contribution in [2.24, 2.45) is 0 Å². The second-order valence-corrected chi connectivity index (χ2v) is 5.12. The molecule has 0 amide bonds. The highest BCUT2D eigenvalue weighted by Crippen LogP contribution is 2.32. The lowest BCUT2D eigenvalue weighted by Crippen LogP contribution is -2.26. The van der Waals surface area contributed by atoms with E-state index in [1.165, 1.54) is 18.2 Å². The molecule has 138 valence electrons. The van der Waals surface area contributed by atoms with Crippen molar-refractivity contribution in [3.63, 3.8) is 0 Å². The summed E-state index contributed by atoms with van der Waals surface area (Å²) in [5.41, 5.74) is 0.000296. The van der Waals surface area contributed by atoms with Gasteiger partial charge < -0.3 is 14.2 Å². The zero-order valence-corrected chi connectivity index (χ0v) is 14.6. The number of hydrogen-bond acceptors (Lipinski definition) is 7. The van der Waals surface area contributed by atoms with Crippen LogP contribution in [0.3, 0.4) is 0 Å². The highest BCUT2D eigenvalue weighted by atomic mass is 16.6. The third-order valence-electron chi connectivity index (χ3n) is 3.31. The van der Waals surface area contributed by atoms with E-state index in [-0.39, 0.29) is 30.2 Å². The fraction of sp³-hybridized carbons (Fsp3) is 0.529. The third-order valence-corrected chi connectivity index (χ3v) is 3.31. The number of nitro groups is 1. The molecule has 0 saturated heterocycles. The Kier molecular flexibility index (Phi) is 8.38. The highest BCUT2D eigenvalue weighted by molar-refractivity contribution is 6.01. The first-order valence-electron chi connectivity index (χ1n) is 8.20. The van der Waals surface area contributed by atoms with Crippen LogP contribution in [0.25, 0.3) is 0 Å². The number of rotatable bonds is 10. The Labute approximate surface area is 146 Å². The van der Waals surface area contributed by atoms with Crippen LogP contribution >= 0.6 is 0 Å². The van der Waals surface area contributed by atoms with Gasteiger partial charge in [0.25, 0.3) is 0 Å². The van der Waals surface area contributed by atoms with Gasteiger partial charge in [-0.1, -0.05) is 19.4 Å². The van der Waals surface area contributed by atoms with E-state index in [1.807, 2.05) is 6.92 Å². The third kappa shape index (κ3) is 5.74. The quantitative estimate of drug-likeness (QED) is 0.209. The molecule has 1 aromatic rings. The van der Waals surface area contributed by atoms with Crippen LogP contribution in [-0.2, 0) is 19.1 Å². The molecule has 25 heavy (non-hydrogen) atoms. The molecule has 0 heterocycles. The van der Waals surface area contributed by atoms with Crippen molar-refractivity contribution in [1.82, 2.24) is 0 Å². The van der Waals surface area contributed by atoms with E-state index in [0.29, 0.717) is 6.61 Å². The summed E-state index contributed by atoms with van der Waals surface area (Å²) in [6.07, 6.45) is 1.59. The lowest BCUT2D eigenvalue weighted by molar-refractivity contribution is -0.385. The summed E-state index contributed by atoms with van der Waals surface area (Å²) in [6.45, 7) is 5.70. The zero-order chi connectivity index (χ0) is 18.8. The summed E-state index contributed by atoms with van der Waals surface area (Å²) in [4.78, 5) is 34.9. The standard InChI is InChI=1S/C17H23NO7/c1-4-7-10-25-14-11-12(8-9-13(14)18(21)22)15(16(19)23-5-2)17(20)24-6-3/h8-9,11,15H,4-7,10H2,1-3H3. The fourth-order valence-corrected chi connectivity index (χ4v) is 2.12. The second kappa shape index (κ2) is 10.3. The van der Waals surface area contributed by atoms with Crippen molar-refractivity contribution >= 4 is 17.6 Å². The number of nitro benzene ring substituents is 1. The Morgan fingerprint density at radius 2 is 1.72 bits per heavy atom. The summed E-state index contributed by atoms with van der Waals surface area (Å²) >= 11 is 0. The van der Waals surface area contributed by atoms with Crippen molar-refractivity contribution in [3.05, 3.63) is 33.9 Å². The average molecular weight is 353 g/mol. The molecule has 0 N–H and O–H groups in total. The maximum atomic E-state index is 12.2. The van der Waals surface area contributed by atoms with Crippen LogP contribution in [0, 0.1) is 10.1 Å². The van der Waals surface area contributed by atoms with Gasteiger partial charge in [-0.05, 0) is 31.9 Å². The van der Waals surface area contributed by atoms with Gasteiger partial charge >= 0.3 is 17.6 Å². The Balaban J connectivity index is 3.24. The first kappa shape index (κ1) is 20.4. The van der Waals surface area contributed by atoms with E-state index in [4.69, 9.17) is 14.2 Å². The van der Waals surface area contributed by atoms with Gasteiger partial charge in [-0.15, -0.1) is 0 Å². The van der Waals surface area contributed by atoms with Gasteiger partial charge in [0.05, 0.1) is 24.7 Å². The van der Waals surface area contributed by atoms with E-state index in [2.05, 4.69) is 0 Å². The fourth-order valence-electron chi connectivity index (χ4n) is 2.12. The van der Waals surface area contributed by atoms with Gasteiger partial charge in [-0.25, -0.2) is 0 Å². The molecular formula is C17H23NO7. The van der Waals surface area contributed by atoms with Gasteiger partial charge in [-0.2, -0.15) is 0 Å². The van der Waals surface area contributed by atoms with Gasteiger partial charge in [-0.3, -0.25) is 19.7 Å². The minimum absolute atomic E-state index is 0.00884. The van der Waals surface area contributed by atoms with Crippen LogP contribution in [0.2, 0.25) is 0 Å². The van der Waals surface area contributed by atoms with Gasteiger partial charge in [0.1, 0.15) is 0 Å². The predicted molar refractivity (Wildman–Crippen MR) is 89.5 cm³/mol. The molecule has 0 fully saturated rings. The van der Waals surface area contributed by atoms with Gasteiger partial charge in [0.15, 0.2) is 11.7 Å². The molecule has 8 nitrogen and oxygen atoms in total. The number of unbranched alkanes of at least 4 members (excludes halogenated alkanes) is 1. The number of carbonyl (C=O) groups is 2. The molecule has 0 aliphatic carbocycles. The normalized spacial score (nSPS) is 10.4. The molecule has 0 unspecified atom stereocenters. The van der Waals surface area contributed by atoms with Crippen molar-refractivity contribution < 1.29 is 28.7 Å². The summed E-state index contributed by atoms with van der Waals surface area (Å²) in [5, 5.41) is 11.2. The predicted octanol–water partition coefficient (Wildman–Crippen LogP) is 2.98. The van der Waals surface area contributed by atoms with Gasteiger partial charge in [0, 0.05) is 6.07 Å². The minimum atomic E-state index is -1.31.